The smallest absolute Gasteiger partial charge is 0.363 e. The lowest BCUT2D eigenvalue weighted by atomic mass is 10.1. The molecule has 0 amide bonds. The predicted octanol–water partition coefficient (Wildman–Crippen LogP) is 6.18. The summed E-state index contributed by atoms with van der Waals surface area (Å²) in [6, 6.07) is 20.8. The number of aryl methyl sites for hydroxylation is 1. The number of rotatable bonds is 5. The van der Waals surface area contributed by atoms with Crippen LogP contribution >= 0.6 is 34.2 Å². The van der Waals surface area contributed by atoms with Crippen LogP contribution in [0.5, 0.6) is 5.75 Å². The van der Waals surface area contributed by atoms with Gasteiger partial charge in [-0.15, -0.1) is 0 Å². The molecule has 0 saturated heterocycles. The van der Waals surface area contributed by atoms with Crippen LogP contribution in [-0.4, -0.2) is 11.9 Å². The van der Waals surface area contributed by atoms with Gasteiger partial charge >= 0.3 is 5.97 Å². The molecule has 0 atom stereocenters. The van der Waals surface area contributed by atoms with Crippen LogP contribution in [0.4, 0.5) is 0 Å². The molecule has 4 nitrogen and oxygen atoms in total. The highest BCUT2D eigenvalue weighted by Crippen LogP contribution is 2.23. The summed E-state index contributed by atoms with van der Waals surface area (Å²) in [5, 5.41) is 0.676. The van der Waals surface area contributed by atoms with Crippen molar-refractivity contribution in [1.29, 1.82) is 0 Å². The van der Waals surface area contributed by atoms with Gasteiger partial charge in [0.25, 0.3) is 0 Å². The Morgan fingerprint density at radius 3 is 2.60 bits per heavy atom. The minimum atomic E-state index is -0.458. The Bertz CT molecular complexity index is 1170. The number of cyclic esters (lactones) is 1. The van der Waals surface area contributed by atoms with Crippen molar-refractivity contribution in [3.63, 3.8) is 0 Å². The van der Waals surface area contributed by atoms with E-state index in [1.807, 2.05) is 73.7 Å². The van der Waals surface area contributed by atoms with Crippen molar-refractivity contribution in [2.75, 3.05) is 0 Å². The Labute approximate surface area is 193 Å². The lowest BCUT2D eigenvalue weighted by Gasteiger charge is -2.07. The molecular formula is C24H17ClINO3. The molecule has 0 saturated carbocycles. The second-order valence-electron chi connectivity index (χ2n) is 6.75. The first-order chi connectivity index (χ1) is 14.5. The van der Waals surface area contributed by atoms with Gasteiger partial charge in [0.15, 0.2) is 5.70 Å². The Morgan fingerprint density at radius 2 is 1.87 bits per heavy atom. The Hall–Kier alpha value is -2.64. The molecule has 1 aliphatic rings. The maximum atomic E-state index is 12.2. The largest absolute Gasteiger partial charge is 0.489 e. The van der Waals surface area contributed by atoms with Gasteiger partial charge in [-0.05, 0) is 83.1 Å². The van der Waals surface area contributed by atoms with Crippen LogP contribution in [0.2, 0.25) is 5.02 Å². The second-order valence-corrected chi connectivity index (χ2v) is 8.32. The minimum absolute atomic E-state index is 0.269. The van der Waals surface area contributed by atoms with Crippen molar-refractivity contribution in [1.82, 2.24) is 0 Å². The van der Waals surface area contributed by atoms with Crippen LogP contribution in [0.3, 0.4) is 0 Å². The zero-order valence-corrected chi connectivity index (χ0v) is 19.0. The first-order valence-electron chi connectivity index (χ1n) is 9.25. The number of esters is 1. The molecule has 0 fully saturated rings. The predicted molar refractivity (Wildman–Crippen MR) is 127 cm³/mol. The van der Waals surface area contributed by atoms with E-state index in [2.05, 4.69) is 27.6 Å². The molecule has 0 aliphatic carbocycles. The van der Waals surface area contributed by atoms with E-state index in [1.54, 1.807) is 6.08 Å². The normalized spacial score (nSPS) is 14.6. The molecule has 0 spiro atoms. The van der Waals surface area contributed by atoms with Gasteiger partial charge in [0.05, 0.1) is 0 Å². The van der Waals surface area contributed by atoms with Crippen molar-refractivity contribution in [3.05, 3.63) is 103 Å². The quantitative estimate of drug-likeness (QED) is 0.225. The molecule has 0 unspecified atom stereocenters. The number of hydrogen-bond donors (Lipinski definition) is 0. The van der Waals surface area contributed by atoms with Crippen LogP contribution in [0.25, 0.3) is 6.08 Å². The highest BCUT2D eigenvalue weighted by molar-refractivity contribution is 14.1. The highest BCUT2D eigenvalue weighted by atomic mass is 127. The van der Waals surface area contributed by atoms with Gasteiger partial charge in [0.2, 0.25) is 5.90 Å². The topological polar surface area (TPSA) is 47.9 Å². The van der Waals surface area contributed by atoms with Crippen LogP contribution in [0, 0.1) is 10.5 Å². The van der Waals surface area contributed by atoms with E-state index in [1.165, 1.54) is 0 Å². The molecule has 3 aromatic rings. The molecule has 0 aromatic heterocycles. The number of ether oxygens (including phenoxy) is 2. The van der Waals surface area contributed by atoms with Gasteiger partial charge in [-0.25, -0.2) is 9.79 Å². The summed E-state index contributed by atoms with van der Waals surface area (Å²) >= 11 is 8.42. The van der Waals surface area contributed by atoms with Crippen molar-refractivity contribution in [3.8, 4) is 5.75 Å². The monoisotopic (exact) mass is 529 g/mol. The van der Waals surface area contributed by atoms with Crippen molar-refractivity contribution in [2.24, 2.45) is 4.99 Å². The summed E-state index contributed by atoms with van der Waals surface area (Å²) in [7, 11) is 0. The first-order valence-corrected chi connectivity index (χ1v) is 10.7. The Balaban J connectivity index is 1.47. The molecule has 0 radical (unpaired) electrons. The van der Waals surface area contributed by atoms with E-state index in [9.17, 15) is 4.79 Å². The third-order valence-electron chi connectivity index (χ3n) is 4.56. The number of carbonyl (C=O) groups excluding carboxylic acids is 1. The van der Waals surface area contributed by atoms with E-state index in [0.717, 1.165) is 25.8 Å². The SMILES string of the molecule is Cc1cc(C2=N/C(=C\c3ccc(OCc4ccccc4Cl)cc3)C(=O)O2)ccc1I. The zero-order valence-electron chi connectivity index (χ0n) is 16.1. The molecule has 150 valence electrons. The molecule has 1 heterocycles. The summed E-state index contributed by atoms with van der Waals surface area (Å²) in [5.41, 5.74) is 3.91. The average Bonchev–Trinajstić information content (AvgIpc) is 3.11. The van der Waals surface area contributed by atoms with Gasteiger partial charge in [0, 0.05) is 19.7 Å². The minimum Gasteiger partial charge on any atom is -0.489 e. The fraction of sp³-hybridized carbons (Fsp3) is 0.0833. The van der Waals surface area contributed by atoms with E-state index in [0.29, 0.717) is 23.3 Å². The van der Waals surface area contributed by atoms with Gasteiger partial charge in [-0.1, -0.05) is 41.9 Å². The summed E-state index contributed by atoms with van der Waals surface area (Å²) in [5.74, 6) is 0.579. The molecule has 0 N–H and O–H groups in total. The van der Waals surface area contributed by atoms with Crippen molar-refractivity contribution < 1.29 is 14.3 Å². The Morgan fingerprint density at radius 1 is 1.10 bits per heavy atom. The van der Waals surface area contributed by atoms with Crippen LogP contribution < -0.4 is 4.74 Å². The number of aliphatic imine (C=N–C) groups is 1. The van der Waals surface area contributed by atoms with Crippen molar-refractivity contribution in [2.45, 2.75) is 13.5 Å². The van der Waals surface area contributed by atoms with Gasteiger partial charge in [-0.3, -0.25) is 0 Å². The number of halogens is 2. The van der Waals surface area contributed by atoms with Crippen LogP contribution in [0.15, 0.2) is 77.4 Å². The number of benzene rings is 3. The second kappa shape index (κ2) is 9.02. The van der Waals surface area contributed by atoms with Gasteiger partial charge in [0.1, 0.15) is 12.4 Å². The van der Waals surface area contributed by atoms with E-state index >= 15 is 0 Å². The highest BCUT2D eigenvalue weighted by Gasteiger charge is 2.24. The van der Waals surface area contributed by atoms with Crippen LogP contribution in [0.1, 0.15) is 22.3 Å². The average molecular weight is 530 g/mol. The third-order valence-corrected chi connectivity index (χ3v) is 6.14. The molecular weight excluding hydrogens is 513 g/mol. The molecule has 3 aromatic carbocycles. The Kier molecular flexibility index (Phi) is 6.20. The number of carbonyl (C=O) groups is 1. The third kappa shape index (κ3) is 4.74. The fourth-order valence-corrected chi connectivity index (χ4v) is 3.43. The molecule has 6 heteroatoms. The molecule has 1 aliphatic heterocycles. The summed E-state index contributed by atoms with van der Waals surface area (Å²) in [6.45, 7) is 2.39. The standard InChI is InChI=1S/C24H17ClINO3/c1-15-12-17(8-11-21(15)26)23-27-22(24(28)30-23)13-16-6-9-19(10-7-16)29-14-18-4-2-3-5-20(18)25/h2-13H,14H2,1H3/b22-13-. The maximum Gasteiger partial charge on any atom is 0.363 e. The van der Waals surface area contributed by atoms with Crippen LogP contribution in [-0.2, 0) is 16.1 Å². The number of nitrogens with zero attached hydrogens (tertiary/aromatic N) is 1. The van der Waals surface area contributed by atoms with Gasteiger partial charge < -0.3 is 9.47 Å². The lowest BCUT2D eigenvalue weighted by molar-refractivity contribution is -0.129. The zero-order chi connectivity index (χ0) is 21.1. The van der Waals surface area contributed by atoms with Gasteiger partial charge in [-0.2, -0.15) is 0 Å². The summed E-state index contributed by atoms with van der Waals surface area (Å²) in [6.07, 6.45) is 1.70. The van der Waals surface area contributed by atoms with E-state index in [-0.39, 0.29) is 5.70 Å². The summed E-state index contributed by atoms with van der Waals surface area (Å²) in [4.78, 5) is 16.6. The number of hydrogen-bond acceptors (Lipinski definition) is 4. The summed E-state index contributed by atoms with van der Waals surface area (Å²) < 4.78 is 12.3. The van der Waals surface area contributed by atoms with E-state index in [4.69, 9.17) is 21.1 Å². The fourth-order valence-electron chi connectivity index (χ4n) is 2.91. The maximum absolute atomic E-state index is 12.2. The van der Waals surface area contributed by atoms with E-state index < -0.39 is 5.97 Å². The van der Waals surface area contributed by atoms with Crippen molar-refractivity contribution >= 4 is 52.1 Å². The molecule has 0 bridgehead atoms. The molecule has 30 heavy (non-hydrogen) atoms. The lowest BCUT2D eigenvalue weighted by Crippen LogP contribution is -2.05. The first kappa shape index (κ1) is 20.6. The molecule has 4 rings (SSSR count).